The molecule has 2 aromatic rings. The molecule has 0 atom stereocenters. The minimum Gasteiger partial charge on any atom is -0.396 e. The summed E-state index contributed by atoms with van der Waals surface area (Å²) in [6, 6.07) is 13.9. The third-order valence-electron chi connectivity index (χ3n) is 11.9. The molecule has 4 aliphatic heterocycles. The Morgan fingerprint density at radius 2 is 0.820 bits per heavy atom. The standard InChI is InChI=1S/C46H56N6O9/c1-6-7-22-47-35-16-10-8-14-33(35)45(2,3)37(47)20-18-31-39(56)49(43(60)51(26-29-54)41(31)58)23-12-24-50-40(57)32(42(59)52(27-30-55)44(50)61)19-21-38-46(4,5)34-15-9-11-17-36(34)48(38)25-13-28-53/h8-11,14-21,53-55H,6-7,12-13,22-30H2,1-5H3/b31-18-,32-19-,37-20+,38-21+. The van der Waals surface area contributed by atoms with Gasteiger partial charge in [-0.2, -0.15) is 0 Å². The molecule has 15 nitrogen and oxygen atoms in total. The van der Waals surface area contributed by atoms with Crippen molar-refractivity contribution in [1.29, 1.82) is 0 Å². The van der Waals surface area contributed by atoms with E-state index in [0.29, 0.717) is 19.5 Å². The number of hydrogen-bond acceptors (Lipinski definition) is 11. The number of aliphatic hydroxyl groups is 3. The number of hydrogen-bond donors (Lipinski definition) is 3. The van der Waals surface area contributed by atoms with Gasteiger partial charge in [-0.15, -0.1) is 0 Å². The van der Waals surface area contributed by atoms with E-state index < -0.39 is 59.7 Å². The number of nitrogens with zero attached hydrogens (tertiary/aromatic N) is 6. The lowest BCUT2D eigenvalue weighted by atomic mass is 9.83. The van der Waals surface area contributed by atoms with Crippen LogP contribution in [0.1, 0.15) is 71.4 Å². The van der Waals surface area contributed by atoms with Gasteiger partial charge in [0.25, 0.3) is 23.6 Å². The zero-order chi connectivity index (χ0) is 44.2. The van der Waals surface area contributed by atoms with Gasteiger partial charge in [0.2, 0.25) is 0 Å². The molecule has 2 aromatic carbocycles. The Balaban J connectivity index is 1.27. The summed E-state index contributed by atoms with van der Waals surface area (Å²) < 4.78 is 0. The molecule has 4 aliphatic rings. The highest BCUT2D eigenvalue weighted by Gasteiger charge is 2.45. The molecule has 2 saturated heterocycles. The number of allylic oxidation sites excluding steroid dienone is 6. The van der Waals surface area contributed by atoms with Gasteiger partial charge in [0.1, 0.15) is 11.1 Å². The number of carbonyl (C=O) groups excluding carboxylic acids is 6. The van der Waals surface area contributed by atoms with Crippen molar-refractivity contribution >= 4 is 47.1 Å². The van der Waals surface area contributed by atoms with Crippen LogP contribution in [-0.4, -0.2) is 130 Å². The van der Waals surface area contributed by atoms with Crippen LogP contribution in [0.15, 0.2) is 95.4 Å². The molecule has 4 heterocycles. The summed E-state index contributed by atoms with van der Waals surface area (Å²) in [7, 11) is 0. The molecule has 0 spiro atoms. The van der Waals surface area contributed by atoms with Crippen LogP contribution in [-0.2, 0) is 30.0 Å². The maximum absolute atomic E-state index is 14.0. The lowest BCUT2D eigenvalue weighted by molar-refractivity contribution is -0.137. The fraction of sp³-hybridized carbons (Fsp3) is 0.435. The Bertz CT molecular complexity index is 2070. The van der Waals surface area contributed by atoms with Crippen LogP contribution in [0.25, 0.3) is 0 Å². The number of urea groups is 2. The van der Waals surface area contributed by atoms with Gasteiger partial charge in [0, 0.05) is 66.4 Å². The highest BCUT2D eigenvalue weighted by molar-refractivity contribution is 6.29. The van der Waals surface area contributed by atoms with E-state index in [1.54, 1.807) is 12.2 Å². The number of rotatable bonds is 16. The molecular formula is C46H56N6O9. The van der Waals surface area contributed by atoms with Crippen LogP contribution in [0.2, 0.25) is 0 Å². The van der Waals surface area contributed by atoms with Crippen LogP contribution >= 0.6 is 0 Å². The highest BCUT2D eigenvalue weighted by Crippen LogP contribution is 2.49. The van der Waals surface area contributed by atoms with Gasteiger partial charge in [-0.3, -0.25) is 38.8 Å². The maximum atomic E-state index is 14.0. The predicted octanol–water partition coefficient (Wildman–Crippen LogP) is 4.34. The van der Waals surface area contributed by atoms with Crippen molar-refractivity contribution in [3.63, 3.8) is 0 Å². The molecule has 8 amide bonds. The monoisotopic (exact) mass is 836 g/mol. The summed E-state index contributed by atoms with van der Waals surface area (Å²) in [6.45, 7) is 8.96. The van der Waals surface area contributed by atoms with E-state index in [-0.39, 0.29) is 50.4 Å². The Morgan fingerprint density at radius 3 is 1.20 bits per heavy atom. The number of anilines is 2. The second-order valence-electron chi connectivity index (χ2n) is 16.5. The number of aliphatic hydroxyl groups excluding tert-OH is 3. The van der Waals surface area contributed by atoms with E-state index in [1.807, 2.05) is 61.2 Å². The van der Waals surface area contributed by atoms with Crippen molar-refractivity contribution in [2.24, 2.45) is 0 Å². The van der Waals surface area contributed by atoms with Gasteiger partial charge in [0.05, 0.1) is 26.3 Å². The van der Waals surface area contributed by atoms with Gasteiger partial charge >= 0.3 is 12.1 Å². The molecule has 0 unspecified atom stereocenters. The van der Waals surface area contributed by atoms with Crippen molar-refractivity contribution in [2.45, 2.75) is 71.1 Å². The zero-order valence-corrected chi connectivity index (χ0v) is 35.6. The number of benzene rings is 2. The summed E-state index contributed by atoms with van der Waals surface area (Å²) in [5, 5.41) is 29.2. The number of amides is 8. The smallest absolute Gasteiger partial charge is 0.334 e. The SMILES string of the molecule is CCCCN1/C(=C/C=C2\C(=O)N(CCO)C(=O)N(CCCN3C(=O)/C(=C/C=C4/N(CCCO)c5ccccc5C4(C)C)C(=O)N(CCO)C3=O)C2=O)C(C)(C)c2ccccc21. The Labute approximate surface area is 356 Å². The number of barbiturate groups is 2. The first-order valence-corrected chi connectivity index (χ1v) is 20.9. The van der Waals surface area contributed by atoms with Gasteiger partial charge in [-0.05, 0) is 66.8 Å². The topological polar surface area (TPSA) is 183 Å². The van der Waals surface area contributed by atoms with Crippen molar-refractivity contribution in [3.05, 3.63) is 107 Å². The Hall–Kier alpha value is -5.90. The molecular weight excluding hydrogens is 781 g/mol. The number of fused-ring (bicyclic) bond motifs is 2. The number of carbonyl (C=O) groups is 6. The molecule has 6 rings (SSSR count). The minimum atomic E-state index is -0.958. The van der Waals surface area contributed by atoms with Crippen molar-refractivity contribution < 1.29 is 44.1 Å². The summed E-state index contributed by atoms with van der Waals surface area (Å²) >= 11 is 0. The molecule has 61 heavy (non-hydrogen) atoms. The second-order valence-corrected chi connectivity index (χ2v) is 16.5. The molecule has 324 valence electrons. The zero-order valence-electron chi connectivity index (χ0n) is 35.6. The van der Waals surface area contributed by atoms with Gasteiger partial charge in [-0.25, -0.2) is 9.59 Å². The van der Waals surface area contributed by atoms with Gasteiger partial charge in [0.15, 0.2) is 0 Å². The van der Waals surface area contributed by atoms with Crippen LogP contribution in [0.4, 0.5) is 21.0 Å². The van der Waals surface area contributed by atoms with Crippen LogP contribution in [0.5, 0.6) is 0 Å². The first-order chi connectivity index (χ1) is 29.2. The first kappa shape index (κ1) is 44.6. The van der Waals surface area contributed by atoms with Gasteiger partial charge < -0.3 is 25.1 Å². The molecule has 0 saturated carbocycles. The van der Waals surface area contributed by atoms with Crippen LogP contribution in [0.3, 0.4) is 0 Å². The minimum absolute atomic E-state index is 0.0386. The third kappa shape index (κ3) is 8.17. The quantitative estimate of drug-likeness (QED) is 0.162. The summed E-state index contributed by atoms with van der Waals surface area (Å²) in [5.41, 5.74) is 4.12. The van der Waals surface area contributed by atoms with Crippen LogP contribution < -0.4 is 9.80 Å². The van der Waals surface area contributed by atoms with E-state index in [4.69, 9.17) is 0 Å². The maximum Gasteiger partial charge on any atom is 0.334 e. The number of unbranched alkanes of at least 4 members (excludes halogenated alkanes) is 1. The lowest BCUT2D eigenvalue weighted by Gasteiger charge is -2.35. The number of imide groups is 4. The third-order valence-corrected chi connectivity index (χ3v) is 11.9. The second kappa shape index (κ2) is 18.4. The average Bonchev–Trinajstić information content (AvgIpc) is 3.59. The Morgan fingerprint density at radius 1 is 0.459 bits per heavy atom. The normalized spacial score (nSPS) is 21.4. The molecule has 15 heteroatoms. The van der Waals surface area contributed by atoms with E-state index >= 15 is 0 Å². The molecule has 2 fully saturated rings. The molecule has 3 N–H and O–H groups in total. The number of β-amino-alcohol motifs (C(OH)–C–C–N with tert-alkyl or cyclic N) is 2. The van der Waals surface area contributed by atoms with Crippen molar-refractivity contribution in [2.75, 3.05) is 68.9 Å². The summed E-state index contributed by atoms with van der Waals surface area (Å²) in [6.07, 6.45) is 8.43. The summed E-state index contributed by atoms with van der Waals surface area (Å²) in [5.74, 6) is -3.47. The van der Waals surface area contributed by atoms with E-state index in [9.17, 15) is 44.1 Å². The first-order valence-electron chi connectivity index (χ1n) is 20.9. The largest absolute Gasteiger partial charge is 0.396 e. The average molecular weight is 837 g/mol. The molecule has 0 radical (unpaired) electrons. The molecule has 0 bridgehead atoms. The highest BCUT2D eigenvalue weighted by atomic mass is 16.3. The number of para-hydroxylation sites is 2. The van der Waals surface area contributed by atoms with Gasteiger partial charge in [-0.1, -0.05) is 77.4 Å². The van der Waals surface area contributed by atoms with Crippen molar-refractivity contribution in [3.8, 4) is 0 Å². The van der Waals surface area contributed by atoms with Crippen LogP contribution in [0, 0.1) is 0 Å². The summed E-state index contributed by atoms with van der Waals surface area (Å²) in [4.78, 5) is 90.1. The molecule has 0 aromatic heterocycles. The lowest BCUT2D eigenvalue weighted by Crippen LogP contribution is -2.58. The van der Waals surface area contributed by atoms with E-state index in [0.717, 1.165) is 66.3 Å². The van der Waals surface area contributed by atoms with E-state index in [1.165, 1.54) is 12.2 Å². The fourth-order valence-electron chi connectivity index (χ4n) is 8.70. The van der Waals surface area contributed by atoms with Crippen molar-refractivity contribution in [1.82, 2.24) is 19.6 Å². The molecule has 0 aliphatic carbocycles. The predicted molar refractivity (Wildman–Crippen MR) is 229 cm³/mol. The Kier molecular flexibility index (Phi) is 13.5. The fourth-order valence-corrected chi connectivity index (χ4v) is 8.70. The van der Waals surface area contributed by atoms with E-state index in [2.05, 4.69) is 31.7 Å².